The number of rotatable bonds is 2. The second-order valence-corrected chi connectivity index (χ2v) is 4.93. The van der Waals surface area contributed by atoms with Crippen LogP contribution in [0.15, 0.2) is 35.1 Å². The van der Waals surface area contributed by atoms with E-state index < -0.39 is 0 Å². The summed E-state index contributed by atoms with van der Waals surface area (Å²) < 4.78 is 2.82. The first kappa shape index (κ1) is 11.6. The zero-order valence-electron chi connectivity index (χ0n) is 8.69. The normalized spacial score (nSPS) is 12.8. The molecule has 0 saturated heterocycles. The molecule has 16 heavy (non-hydrogen) atoms. The van der Waals surface area contributed by atoms with Crippen molar-refractivity contribution in [2.75, 3.05) is 0 Å². The van der Waals surface area contributed by atoms with E-state index >= 15 is 0 Å². The van der Waals surface area contributed by atoms with E-state index in [1.807, 2.05) is 36.0 Å². The monoisotopic (exact) mass is 299 g/mol. The first-order chi connectivity index (χ1) is 7.58. The Balaban J connectivity index is 2.41. The van der Waals surface area contributed by atoms with E-state index in [9.17, 15) is 0 Å². The highest BCUT2D eigenvalue weighted by Crippen LogP contribution is 2.25. The average molecular weight is 301 g/mol. The van der Waals surface area contributed by atoms with Crippen molar-refractivity contribution in [2.45, 2.75) is 6.04 Å². The minimum atomic E-state index is -0.269. The lowest BCUT2D eigenvalue weighted by Crippen LogP contribution is -2.16. The second-order valence-electron chi connectivity index (χ2n) is 3.58. The third-order valence-corrected chi connectivity index (χ3v) is 3.06. The Bertz CT molecular complexity index is 489. The summed E-state index contributed by atoms with van der Waals surface area (Å²) in [4.78, 5) is 4.23. The number of nitrogens with two attached hydrogens (primary N) is 1. The van der Waals surface area contributed by atoms with Gasteiger partial charge < -0.3 is 10.3 Å². The summed E-state index contributed by atoms with van der Waals surface area (Å²) in [5, 5.41) is 0.661. The van der Waals surface area contributed by atoms with E-state index in [1.165, 1.54) is 0 Å². The molecule has 0 aliphatic heterocycles. The maximum Gasteiger partial charge on any atom is 0.129 e. The number of hydrogen-bond acceptors (Lipinski definition) is 2. The minimum Gasteiger partial charge on any atom is -0.336 e. The summed E-state index contributed by atoms with van der Waals surface area (Å²) >= 11 is 9.38. The number of hydrogen-bond donors (Lipinski definition) is 1. The number of aryl methyl sites for hydroxylation is 1. The highest BCUT2D eigenvalue weighted by Gasteiger charge is 2.14. The van der Waals surface area contributed by atoms with Crippen LogP contribution in [-0.4, -0.2) is 9.55 Å². The smallest absolute Gasteiger partial charge is 0.129 e. The van der Waals surface area contributed by atoms with Crippen LogP contribution in [0.1, 0.15) is 17.4 Å². The van der Waals surface area contributed by atoms with Crippen molar-refractivity contribution in [3.63, 3.8) is 0 Å². The Morgan fingerprint density at radius 2 is 2.19 bits per heavy atom. The molecule has 1 heterocycles. The summed E-state index contributed by atoms with van der Waals surface area (Å²) in [7, 11) is 1.92. The quantitative estimate of drug-likeness (QED) is 0.927. The first-order valence-electron chi connectivity index (χ1n) is 4.76. The van der Waals surface area contributed by atoms with Gasteiger partial charge in [-0.2, -0.15) is 0 Å². The second kappa shape index (κ2) is 4.57. The molecule has 0 radical (unpaired) electrons. The molecule has 3 nitrogen and oxygen atoms in total. The molecule has 5 heteroatoms. The largest absolute Gasteiger partial charge is 0.336 e. The molecule has 1 aromatic heterocycles. The molecule has 1 unspecified atom stereocenters. The number of imidazole rings is 1. The van der Waals surface area contributed by atoms with Gasteiger partial charge in [0.2, 0.25) is 0 Å². The van der Waals surface area contributed by atoms with Gasteiger partial charge in [-0.3, -0.25) is 0 Å². The van der Waals surface area contributed by atoms with Crippen LogP contribution in [0, 0.1) is 0 Å². The summed E-state index contributed by atoms with van der Waals surface area (Å²) in [6, 6.07) is 5.36. The van der Waals surface area contributed by atoms with Crippen LogP contribution < -0.4 is 5.73 Å². The summed E-state index contributed by atoms with van der Waals surface area (Å²) in [5.41, 5.74) is 7.08. The standard InChI is InChI=1S/C11H11BrClN3/c1-16-3-2-15-11(16)10(14)7-4-8(12)6-9(13)5-7/h2-6,10H,14H2,1H3. The van der Waals surface area contributed by atoms with Gasteiger partial charge in [0.1, 0.15) is 5.82 Å². The molecule has 0 amide bonds. The molecule has 0 bridgehead atoms. The van der Waals surface area contributed by atoms with Crippen LogP contribution in [0.25, 0.3) is 0 Å². The highest BCUT2D eigenvalue weighted by atomic mass is 79.9. The Morgan fingerprint density at radius 3 is 2.75 bits per heavy atom. The van der Waals surface area contributed by atoms with Crippen LogP contribution in [-0.2, 0) is 7.05 Å². The van der Waals surface area contributed by atoms with E-state index in [2.05, 4.69) is 20.9 Å². The molecule has 84 valence electrons. The SMILES string of the molecule is Cn1ccnc1C(N)c1cc(Cl)cc(Br)c1. The lowest BCUT2D eigenvalue weighted by Gasteiger charge is -2.12. The van der Waals surface area contributed by atoms with Crippen molar-refractivity contribution >= 4 is 27.5 Å². The highest BCUT2D eigenvalue weighted by molar-refractivity contribution is 9.10. The van der Waals surface area contributed by atoms with Crippen molar-refractivity contribution in [3.8, 4) is 0 Å². The molecular weight excluding hydrogens is 289 g/mol. The molecule has 0 aliphatic rings. The van der Waals surface area contributed by atoms with Crippen molar-refractivity contribution in [1.29, 1.82) is 0 Å². The van der Waals surface area contributed by atoms with E-state index in [4.69, 9.17) is 17.3 Å². The number of aromatic nitrogens is 2. The Morgan fingerprint density at radius 1 is 1.44 bits per heavy atom. The molecule has 1 atom stereocenters. The van der Waals surface area contributed by atoms with Gasteiger partial charge in [0, 0.05) is 28.9 Å². The van der Waals surface area contributed by atoms with Crippen molar-refractivity contribution in [3.05, 3.63) is 51.5 Å². The van der Waals surface area contributed by atoms with Crippen molar-refractivity contribution in [1.82, 2.24) is 9.55 Å². The van der Waals surface area contributed by atoms with Crippen molar-refractivity contribution < 1.29 is 0 Å². The molecule has 2 aromatic rings. The Kier molecular flexibility index (Phi) is 3.33. The van der Waals surface area contributed by atoms with E-state index in [-0.39, 0.29) is 6.04 Å². The summed E-state index contributed by atoms with van der Waals surface area (Å²) in [6.45, 7) is 0. The molecule has 2 N–H and O–H groups in total. The lowest BCUT2D eigenvalue weighted by molar-refractivity contribution is 0.716. The van der Waals surface area contributed by atoms with Crippen molar-refractivity contribution in [2.24, 2.45) is 12.8 Å². The van der Waals surface area contributed by atoms with Crippen LogP contribution in [0.4, 0.5) is 0 Å². The molecule has 0 aliphatic carbocycles. The number of benzene rings is 1. The topological polar surface area (TPSA) is 43.8 Å². The summed E-state index contributed by atoms with van der Waals surface area (Å²) in [5.74, 6) is 0.814. The number of halogens is 2. The fourth-order valence-corrected chi connectivity index (χ4v) is 2.47. The van der Waals surface area contributed by atoms with Gasteiger partial charge in [0.05, 0.1) is 6.04 Å². The fourth-order valence-electron chi connectivity index (χ4n) is 1.58. The van der Waals surface area contributed by atoms with Gasteiger partial charge in [-0.15, -0.1) is 0 Å². The fraction of sp³-hybridized carbons (Fsp3) is 0.182. The van der Waals surface area contributed by atoms with E-state index in [1.54, 1.807) is 6.20 Å². The molecule has 0 spiro atoms. The van der Waals surface area contributed by atoms with Gasteiger partial charge in [0.15, 0.2) is 0 Å². The van der Waals surface area contributed by atoms with Gasteiger partial charge >= 0.3 is 0 Å². The predicted octanol–water partition coefficient (Wildman–Crippen LogP) is 2.88. The van der Waals surface area contributed by atoms with Crippen LogP contribution >= 0.6 is 27.5 Å². The van der Waals surface area contributed by atoms with Crippen LogP contribution in [0.3, 0.4) is 0 Å². The zero-order chi connectivity index (χ0) is 11.7. The van der Waals surface area contributed by atoms with Gasteiger partial charge in [-0.1, -0.05) is 27.5 Å². The van der Waals surface area contributed by atoms with Crippen LogP contribution in [0.2, 0.25) is 5.02 Å². The summed E-state index contributed by atoms with van der Waals surface area (Å²) in [6.07, 6.45) is 3.60. The lowest BCUT2D eigenvalue weighted by atomic mass is 10.1. The minimum absolute atomic E-state index is 0.269. The molecule has 0 saturated carbocycles. The molecule has 2 rings (SSSR count). The zero-order valence-corrected chi connectivity index (χ0v) is 11.0. The third-order valence-electron chi connectivity index (χ3n) is 2.38. The van der Waals surface area contributed by atoms with Gasteiger partial charge in [0.25, 0.3) is 0 Å². The van der Waals surface area contributed by atoms with E-state index in [0.29, 0.717) is 5.02 Å². The molecular formula is C11H11BrClN3. The Hall–Kier alpha value is -0.840. The third kappa shape index (κ3) is 2.29. The van der Waals surface area contributed by atoms with Gasteiger partial charge in [-0.25, -0.2) is 4.98 Å². The van der Waals surface area contributed by atoms with E-state index in [0.717, 1.165) is 15.9 Å². The Labute approximate surface area is 107 Å². The molecule has 1 aromatic carbocycles. The first-order valence-corrected chi connectivity index (χ1v) is 5.94. The van der Waals surface area contributed by atoms with Gasteiger partial charge in [-0.05, 0) is 23.8 Å². The predicted molar refractivity (Wildman–Crippen MR) is 68.4 cm³/mol. The molecule has 0 fully saturated rings. The maximum absolute atomic E-state index is 6.14. The number of nitrogens with zero attached hydrogens (tertiary/aromatic N) is 2. The maximum atomic E-state index is 6.14. The average Bonchev–Trinajstić information content (AvgIpc) is 2.62. The van der Waals surface area contributed by atoms with Crippen LogP contribution in [0.5, 0.6) is 0 Å².